The first-order chi connectivity index (χ1) is 15.3. The van der Waals surface area contributed by atoms with Crippen LogP contribution in [0.25, 0.3) is 16.5 Å². The van der Waals surface area contributed by atoms with Crippen molar-refractivity contribution in [1.82, 2.24) is 14.8 Å². The van der Waals surface area contributed by atoms with E-state index in [0.717, 1.165) is 26.1 Å². The van der Waals surface area contributed by atoms with Crippen molar-refractivity contribution in [1.29, 1.82) is 0 Å². The second kappa shape index (κ2) is 9.99. The van der Waals surface area contributed by atoms with E-state index in [1.807, 2.05) is 4.90 Å². The van der Waals surface area contributed by atoms with E-state index in [9.17, 15) is 14.4 Å². The lowest BCUT2D eigenvalue weighted by Gasteiger charge is -2.40. The number of carbonyl (C=O) groups is 3. The van der Waals surface area contributed by atoms with Gasteiger partial charge in [-0.05, 0) is 50.1 Å². The zero-order valence-corrected chi connectivity index (χ0v) is 18.8. The van der Waals surface area contributed by atoms with Gasteiger partial charge in [0.15, 0.2) is 0 Å². The smallest absolute Gasteiger partial charge is 0.303 e. The highest BCUT2D eigenvalue weighted by atomic mass is 16.4. The Morgan fingerprint density at radius 2 is 1.78 bits per heavy atom. The van der Waals surface area contributed by atoms with Gasteiger partial charge in [-0.2, -0.15) is 0 Å². The Balaban J connectivity index is 0.000000312. The van der Waals surface area contributed by atoms with E-state index in [2.05, 4.69) is 61.3 Å². The van der Waals surface area contributed by atoms with Gasteiger partial charge in [-0.15, -0.1) is 0 Å². The van der Waals surface area contributed by atoms with Crippen LogP contribution in [0.1, 0.15) is 37.8 Å². The number of aliphatic carboxylic acids is 2. The van der Waals surface area contributed by atoms with Crippen LogP contribution in [-0.2, 0) is 20.8 Å². The van der Waals surface area contributed by atoms with Crippen LogP contribution < -0.4 is 0 Å². The fourth-order valence-electron chi connectivity index (χ4n) is 4.59. The number of nitrogens with one attached hydrogen (secondary N) is 1. The molecule has 0 saturated carbocycles. The summed E-state index contributed by atoms with van der Waals surface area (Å²) >= 11 is 0. The van der Waals surface area contributed by atoms with Gasteiger partial charge >= 0.3 is 11.9 Å². The topological polar surface area (TPSA) is 114 Å². The van der Waals surface area contributed by atoms with Crippen LogP contribution >= 0.6 is 0 Å². The van der Waals surface area contributed by atoms with Crippen molar-refractivity contribution >= 4 is 34.3 Å². The van der Waals surface area contributed by atoms with Crippen LogP contribution in [-0.4, -0.2) is 75.6 Å². The summed E-state index contributed by atoms with van der Waals surface area (Å²) in [5.41, 5.74) is 5.21. The van der Waals surface area contributed by atoms with Crippen LogP contribution in [0, 0.1) is 5.92 Å². The third-order valence-corrected chi connectivity index (χ3v) is 6.21. The molecule has 32 heavy (non-hydrogen) atoms. The van der Waals surface area contributed by atoms with Gasteiger partial charge in [-0.25, -0.2) is 0 Å². The van der Waals surface area contributed by atoms with Gasteiger partial charge in [0.25, 0.3) is 0 Å². The Kier molecular flexibility index (Phi) is 7.35. The molecule has 0 saturated heterocycles. The summed E-state index contributed by atoms with van der Waals surface area (Å²) in [5.74, 6) is -1.94. The minimum absolute atomic E-state index is 0.0445. The highest BCUT2D eigenvalue weighted by molar-refractivity contribution is 5.99. The Bertz CT molecular complexity index is 1020. The summed E-state index contributed by atoms with van der Waals surface area (Å²) < 4.78 is 0. The first-order valence-electron chi connectivity index (χ1n) is 11.0. The van der Waals surface area contributed by atoms with Crippen molar-refractivity contribution in [3.8, 4) is 0 Å². The number of aromatic amines is 1. The first-order valence-corrected chi connectivity index (χ1v) is 11.0. The number of aromatic nitrogens is 1. The molecule has 2 heterocycles. The van der Waals surface area contributed by atoms with Crippen LogP contribution in [0.5, 0.6) is 0 Å². The Labute approximate surface area is 187 Å². The molecule has 1 amide bonds. The maximum atomic E-state index is 12.9. The molecule has 8 nitrogen and oxygen atoms in total. The maximum absolute atomic E-state index is 12.9. The summed E-state index contributed by atoms with van der Waals surface area (Å²) in [6.45, 7) is 6.47. The molecule has 4 rings (SSSR count). The van der Waals surface area contributed by atoms with E-state index < -0.39 is 11.9 Å². The van der Waals surface area contributed by atoms with E-state index in [0.29, 0.717) is 6.04 Å². The minimum Gasteiger partial charge on any atom is -0.481 e. The fourth-order valence-corrected chi connectivity index (χ4v) is 4.59. The first kappa shape index (κ1) is 23.5. The number of benzene rings is 1. The van der Waals surface area contributed by atoms with Crippen LogP contribution in [0.3, 0.4) is 0 Å². The van der Waals surface area contributed by atoms with Crippen LogP contribution in [0.2, 0.25) is 0 Å². The van der Waals surface area contributed by atoms with E-state index in [1.165, 1.54) is 27.6 Å². The molecule has 8 heteroatoms. The predicted molar refractivity (Wildman–Crippen MR) is 122 cm³/mol. The van der Waals surface area contributed by atoms with Crippen molar-refractivity contribution in [2.75, 3.05) is 26.7 Å². The molecule has 2 aliphatic rings. The maximum Gasteiger partial charge on any atom is 0.303 e. The van der Waals surface area contributed by atoms with E-state index in [-0.39, 0.29) is 24.7 Å². The molecule has 172 valence electrons. The summed E-state index contributed by atoms with van der Waals surface area (Å²) in [4.78, 5) is 39.8. The Morgan fingerprint density at radius 1 is 1.12 bits per heavy atom. The molecule has 0 fully saturated rings. The molecule has 1 aromatic carbocycles. The van der Waals surface area contributed by atoms with Crippen LogP contribution in [0.4, 0.5) is 0 Å². The van der Waals surface area contributed by atoms with Crippen molar-refractivity contribution in [2.24, 2.45) is 5.92 Å². The average molecular weight is 442 g/mol. The summed E-state index contributed by atoms with van der Waals surface area (Å²) in [6.07, 6.45) is 4.82. The molecule has 1 aliphatic heterocycles. The zero-order chi connectivity index (χ0) is 23.4. The van der Waals surface area contributed by atoms with E-state index >= 15 is 0 Å². The van der Waals surface area contributed by atoms with Gasteiger partial charge in [-0.1, -0.05) is 18.2 Å². The van der Waals surface area contributed by atoms with E-state index in [4.69, 9.17) is 10.2 Å². The lowest BCUT2D eigenvalue weighted by Crippen LogP contribution is -2.47. The normalized spacial score (nSPS) is 19.4. The number of H-pyrrole nitrogens is 1. The SMILES string of the molecule is CCN(CC)C(=O)[C@@H]1C=C2c3cccc4[nH]cc(c34)C[C@H]2N(C)C1.O=C(O)CCC(=O)O. The van der Waals surface area contributed by atoms with Crippen molar-refractivity contribution in [2.45, 2.75) is 39.2 Å². The van der Waals surface area contributed by atoms with E-state index in [1.54, 1.807) is 0 Å². The largest absolute Gasteiger partial charge is 0.481 e. The Hall–Kier alpha value is -3.13. The molecular formula is C24H31N3O5. The molecule has 2 aromatic rings. The number of hydrogen-bond acceptors (Lipinski definition) is 4. The molecule has 0 unspecified atom stereocenters. The third kappa shape index (κ3) is 4.85. The lowest BCUT2D eigenvalue weighted by molar-refractivity contribution is -0.143. The van der Waals surface area contributed by atoms with Crippen molar-refractivity contribution in [3.05, 3.63) is 41.6 Å². The van der Waals surface area contributed by atoms with Gasteiger partial charge in [0, 0.05) is 42.8 Å². The summed E-state index contributed by atoms with van der Waals surface area (Å²) in [6, 6.07) is 6.82. The standard InChI is InChI=1S/C20H25N3O.C4H6O4/c1-4-23(5-2)20(24)14-9-16-15-7-6-8-17-19(15)13(11-21-17)10-18(16)22(3)12-14;5-3(6)1-2-4(7)8/h6-9,11,14,18,21H,4-5,10,12H2,1-3H3;1-2H2,(H,5,6)(H,7,8)/t14-,18-;/m1./s1. The molecule has 2 atom stereocenters. The number of hydrogen-bond donors (Lipinski definition) is 3. The fraction of sp³-hybridized carbons (Fsp3) is 0.458. The second-order valence-electron chi connectivity index (χ2n) is 8.23. The summed E-state index contributed by atoms with van der Waals surface area (Å²) in [7, 11) is 2.15. The number of carbonyl (C=O) groups excluding carboxylic acids is 1. The van der Waals surface area contributed by atoms with Gasteiger partial charge in [0.05, 0.1) is 18.8 Å². The number of likely N-dealkylation sites (N-methyl/N-ethyl adjacent to an activating group) is 1. The zero-order valence-electron chi connectivity index (χ0n) is 18.8. The average Bonchev–Trinajstić information content (AvgIpc) is 3.18. The highest BCUT2D eigenvalue weighted by Gasteiger charge is 2.36. The number of amides is 1. The molecule has 0 bridgehead atoms. The Morgan fingerprint density at radius 3 is 2.38 bits per heavy atom. The van der Waals surface area contributed by atoms with Gasteiger partial charge < -0.3 is 20.1 Å². The molecule has 0 spiro atoms. The van der Waals surface area contributed by atoms with Crippen molar-refractivity contribution in [3.63, 3.8) is 0 Å². The number of fused-ring (bicyclic) bond motifs is 2. The third-order valence-electron chi connectivity index (χ3n) is 6.21. The number of nitrogens with zero attached hydrogens (tertiary/aromatic N) is 2. The number of carboxylic acid groups (broad SMARTS) is 2. The van der Waals surface area contributed by atoms with Gasteiger partial charge in [0.1, 0.15) is 0 Å². The van der Waals surface area contributed by atoms with Crippen molar-refractivity contribution < 1.29 is 24.6 Å². The molecule has 1 aliphatic carbocycles. The molecular weight excluding hydrogens is 410 g/mol. The van der Waals surface area contributed by atoms with Gasteiger partial charge in [0.2, 0.25) is 5.91 Å². The van der Waals surface area contributed by atoms with Crippen LogP contribution in [0.15, 0.2) is 30.5 Å². The van der Waals surface area contributed by atoms with Gasteiger partial charge in [-0.3, -0.25) is 19.3 Å². The monoisotopic (exact) mass is 441 g/mol. The molecule has 3 N–H and O–H groups in total. The lowest BCUT2D eigenvalue weighted by atomic mass is 9.79. The molecule has 0 radical (unpaired) electrons. The quantitative estimate of drug-likeness (QED) is 0.635. The molecule has 1 aromatic heterocycles. The number of carboxylic acids is 2. The number of rotatable bonds is 6. The second-order valence-corrected chi connectivity index (χ2v) is 8.23. The summed E-state index contributed by atoms with van der Waals surface area (Å²) in [5, 5.41) is 17.1. The minimum atomic E-state index is -1.08. The highest BCUT2D eigenvalue weighted by Crippen LogP contribution is 2.40. The predicted octanol–water partition coefficient (Wildman–Crippen LogP) is 2.84.